The van der Waals surface area contributed by atoms with Crippen LogP contribution in [0.1, 0.15) is 84.7 Å². The number of carbonyl (C=O) groups excluding carboxylic acids is 2. The van der Waals surface area contributed by atoms with E-state index in [4.69, 9.17) is 4.74 Å². The molecular formula is C36H42F2N4O5S. The third kappa shape index (κ3) is 5.12. The highest BCUT2D eigenvalue weighted by Gasteiger charge is 2.65. The van der Waals surface area contributed by atoms with Gasteiger partial charge in [0, 0.05) is 59.7 Å². The van der Waals surface area contributed by atoms with Gasteiger partial charge in [0.2, 0.25) is 15.9 Å². The number of rotatable bonds is 7. The van der Waals surface area contributed by atoms with Crippen LogP contribution in [-0.4, -0.2) is 86.1 Å². The number of fused-ring (bicyclic) bond motifs is 9. The first-order valence-corrected chi connectivity index (χ1v) is 18.8. The standard InChI is InChI=1S/C36H42F2N4O5S/c1-40-17-23-9-10-24(18-40)42(23)35(44)36-16-29(36)28-15-25(47-2)11-13-26(28)33-32(21-6-4-3-5-7-21)27-12-8-22(14-30(27)41(33)20-36)34(43)39-48(45,46)19-31(37)38/h8,11-15,21,23-24,29,31H,3-7,9-10,16-20H2,1-2H3,(H,39,43). The van der Waals surface area contributed by atoms with Crippen LogP contribution in [0.25, 0.3) is 22.2 Å². The van der Waals surface area contributed by atoms with Gasteiger partial charge < -0.3 is 19.1 Å². The molecule has 2 aliphatic carbocycles. The van der Waals surface area contributed by atoms with Gasteiger partial charge in [-0.1, -0.05) is 25.3 Å². The Morgan fingerprint density at radius 1 is 1.02 bits per heavy atom. The number of sulfonamides is 1. The van der Waals surface area contributed by atoms with Crippen LogP contribution in [0.5, 0.6) is 5.75 Å². The molecule has 1 N–H and O–H groups in total. The molecule has 4 atom stereocenters. The maximum atomic E-state index is 14.9. The smallest absolute Gasteiger partial charge is 0.264 e. The van der Waals surface area contributed by atoms with Crippen LogP contribution in [-0.2, 0) is 21.4 Å². The molecule has 2 bridgehead atoms. The van der Waals surface area contributed by atoms with Gasteiger partial charge in [-0.2, -0.15) is 0 Å². The number of hydrogen-bond donors (Lipinski definition) is 1. The monoisotopic (exact) mass is 680 g/mol. The summed E-state index contributed by atoms with van der Waals surface area (Å²) in [4.78, 5) is 32.7. The Bertz CT molecular complexity index is 1910. The van der Waals surface area contributed by atoms with Crippen LogP contribution in [0.3, 0.4) is 0 Å². The molecule has 2 amide bonds. The number of aromatic nitrogens is 1. The zero-order chi connectivity index (χ0) is 33.5. The van der Waals surface area contributed by atoms with E-state index in [0.717, 1.165) is 85.1 Å². The zero-order valence-corrected chi connectivity index (χ0v) is 28.2. The first kappa shape index (κ1) is 31.7. The molecule has 1 aromatic heterocycles. The van der Waals surface area contributed by atoms with Gasteiger partial charge in [-0.15, -0.1) is 0 Å². The number of ether oxygens (including phenoxy) is 1. The molecule has 4 fully saturated rings. The van der Waals surface area contributed by atoms with Gasteiger partial charge >= 0.3 is 0 Å². The molecule has 0 radical (unpaired) electrons. The van der Waals surface area contributed by atoms with Crippen molar-refractivity contribution in [2.45, 2.75) is 88.3 Å². The number of benzene rings is 2. The quantitative estimate of drug-likeness (QED) is 0.355. The molecule has 2 saturated heterocycles. The fraction of sp³-hybridized carbons (Fsp3) is 0.556. The molecule has 8 rings (SSSR count). The summed E-state index contributed by atoms with van der Waals surface area (Å²) in [6.07, 6.45) is 5.09. The molecule has 4 heterocycles. The molecule has 3 aliphatic heterocycles. The largest absolute Gasteiger partial charge is 0.497 e. The summed E-state index contributed by atoms with van der Waals surface area (Å²) in [6, 6.07) is 11.7. The lowest BCUT2D eigenvalue weighted by Crippen LogP contribution is -2.57. The number of methoxy groups -OCH3 is 1. The second-order valence-corrected chi connectivity index (χ2v) is 16.5. The third-order valence-corrected chi connectivity index (χ3v) is 12.9. The van der Waals surface area contributed by atoms with Crippen molar-refractivity contribution in [3.8, 4) is 17.0 Å². The maximum Gasteiger partial charge on any atom is 0.264 e. The van der Waals surface area contributed by atoms with Gasteiger partial charge in [0.1, 0.15) is 11.5 Å². The number of nitrogens with zero attached hydrogens (tertiary/aromatic N) is 3. The fourth-order valence-corrected chi connectivity index (χ4v) is 10.3. The predicted octanol–water partition coefficient (Wildman–Crippen LogP) is 5.48. The van der Waals surface area contributed by atoms with Crippen LogP contribution in [0.4, 0.5) is 8.78 Å². The van der Waals surface area contributed by atoms with Gasteiger partial charge in [-0.05, 0) is 86.5 Å². The van der Waals surface area contributed by atoms with Gasteiger partial charge in [0.05, 0.1) is 18.2 Å². The number of hydrogen-bond acceptors (Lipinski definition) is 6. The van der Waals surface area contributed by atoms with Crippen LogP contribution in [0.15, 0.2) is 36.4 Å². The summed E-state index contributed by atoms with van der Waals surface area (Å²) >= 11 is 0. The summed E-state index contributed by atoms with van der Waals surface area (Å²) in [5.41, 5.74) is 4.59. The minimum absolute atomic E-state index is 0.00860. The second-order valence-electron chi connectivity index (χ2n) is 14.7. The molecule has 48 heavy (non-hydrogen) atoms. The lowest BCUT2D eigenvalue weighted by Gasteiger charge is -2.41. The molecule has 2 saturated carbocycles. The van der Waals surface area contributed by atoms with Crippen molar-refractivity contribution in [3.63, 3.8) is 0 Å². The fourth-order valence-electron chi connectivity index (χ4n) is 9.53. The zero-order valence-electron chi connectivity index (χ0n) is 27.4. The number of amides is 2. The van der Waals surface area contributed by atoms with Crippen LogP contribution < -0.4 is 9.46 Å². The van der Waals surface area contributed by atoms with E-state index in [-0.39, 0.29) is 35.4 Å². The van der Waals surface area contributed by atoms with E-state index in [1.807, 2.05) is 16.9 Å². The maximum absolute atomic E-state index is 14.9. The molecule has 9 nitrogen and oxygen atoms in total. The Kier molecular flexibility index (Phi) is 7.63. The van der Waals surface area contributed by atoms with Crippen molar-refractivity contribution in [1.29, 1.82) is 0 Å². The number of alkyl halides is 2. The van der Waals surface area contributed by atoms with Gasteiger partial charge in [0.15, 0.2) is 0 Å². The lowest BCUT2D eigenvalue weighted by molar-refractivity contribution is -0.143. The van der Waals surface area contributed by atoms with E-state index >= 15 is 0 Å². The number of likely N-dealkylation sites (tertiary alicyclic amines) is 1. The van der Waals surface area contributed by atoms with Gasteiger partial charge in [0.25, 0.3) is 12.3 Å². The van der Waals surface area contributed by atoms with Crippen molar-refractivity contribution in [2.75, 3.05) is 33.0 Å². The molecular weight excluding hydrogens is 638 g/mol. The van der Waals surface area contributed by atoms with Crippen molar-refractivity contribution in [1.82, 2.24) is 19.1 Å². The molecule has 4 unspecified atom stereocenters. The Hall–Kier alpha value is -3.51. The first-order chi connectivity index (χ1) is 23.0. The van der Waals surface area contributed by atoms with E-state index in [9.17, 15) is 26.8 Å². The summed E-state index contributed by atoms with van der Waals surface area (Å²) in [6.45, 7) is 2.17. The van der Waals surface area contributed by atoms with Gasteiger partial charge in [-0.3, -0.25) is 9.59 Å². The van der Waals surface area contributed by atoms with E-state index in [1.54, 1.807) is 19.2 Å². The molecule has 3 aromatic rings. The third-order valence-electron chi connectivity index (χ3n) is 11.7. The average Bonchev–Trinajstić information content (AvgIpc) is 3.63. The van der Waals surface area contributed by atoms with Crippen LogP contribution in [0.2, 0.25) is 0 Å². The van der Waals surface area contributed by atoms with Crippen molar-refractivity contribution >= 4 is 32.7 Å². The van der Waals surface area contributed by atoms with Gasteiger partial charge in [-0.25, -0.2) is 21.9 Å². The van der Waals surface area contributed by atoms with E-state index in [1.165, 1.54) is 12.0 Å². The minimum Gasteiger partial charge on any atom is -0.497 e. The lowest BCUT2D eigenvalue weighted by atomic mass is 9.81. The number of nitrogens with one attached hydrogen (secondary N) is 1. The molecule has 0 spiro atoms. The highest BCUT2D eigenvalue weighted by Crippen LogP contribution is 2.66. The highest BCUT2D eigenvalue weighted by molar-refractivity contribution is 7.90. The molecule has 2 aromatic carbocycles. The Morgan fingerprint density at radius 3 is 2.44 bits per heavy atom. The van der Waals surface area contributed by atoms with Crippen LogP contribution >= 0.6 is 0 Å². The summed E-state index contributed by atoms with van der Waals surface area (Å²) in [5.74, 6) is -1.16. The van der Waals surface area contributed by atoms with E-state index < -0.39 is 33.5 Å². The molecule has 12 heteroatoms. The highest BCUT2D eigenvalue weighted by atomic mass is 32.2. The summed E-state index contributed by atoms with van der Waals surface area (Å²) in [5, 5.41) is 0.979. The topological polar surface area (TPSA) is 101 Å². The number of likely N-dealkylation sites (N-methyl/N-ethyl adjacent to an activating group) is 1. The average molecular weight is 681 g/mol. The minimum atomic E-state index is -4.53. The Morgan fingerprint density at radius 2 is 1.75 bits per heavy atom. The van der Waals surface area contributed by atoms with E-state index in [0.29, 0.717) is 13.0 Å². The predicted molar refractivity (Wildman–Crippen MR) is 178 cm³/mol. The first-order valence-electron chi connectivity index (χ1n) is 17.2. The van der Waals surface area contributed by atoms with Crippen molar-refractivity contribution in [3.05, 3.63) is 53.1 Å². The Labute approximate surface area is 279 Å². The molecule has 256 valence electrons. The SMILES string of the molecule is COc1ccc2c(c1)C1CC1(C(=O)N1C3CCC1CN(C)C3)Cn1c-2c(C2CCCCC2)c2ccc(C(=O)NS(=O)(=O)CC(F)F)cc21. The van der Waals surface area contributed by atoms with Crippen molar-refractivity contribution < 1.29 is 31.5 Å². The summed E-state index contributed by atoms with van der Waals surface area (Å²) in [7, 11) is -0.750. The normalized spacial score (nSPS) is 26.9. The molecule has 5 aliphatic rings. The number of carbonyl (C=O) groups is 2. The van der Waals surface area contributed by atoms with E-state index in [2.05, 4.69) is 33.5 Å². The second kappa shape index (κ2) is 11.5. The number of halogens is 2. The summed E-state index contributed by atoms with van der Waals surface area (Å²) < 4.78 is 60.2. The number of piperazine rings is 1. The van der Waals surface area contributed by atoms with Crippen LogP contribution in [0, 0.1) is 5.41 Å². The van der Waals surface area contributed by atoms with Crippen molar-refractivity contribution in [2.24, 2.45) is 5.41 Å². The Balaban J connectivity index is 1.30.